The Balaban J connectivity index is 1.61. The van der Waals surface area contributed by atoms with Crippen LogP contribution in [0, 0.1) is 0 Å². The summed E-state index contributed by atoms with van der Waals surface area (Å²) in [6.07, 6.45) is 2.20. The molecule has 7 heteroatoms. The van der Waals surface area contributed by atoms with Gasteiger partial charge in [-0.05, 0) is 37.1 Å². The molecule has 2 aliphatic rings. The summed E-state index contributed by atoms with van der Waals surface area (Å²) in [5.74, 6) is -0.699. The van der Waals surface area contributed by atoms with Crippen molar-refractivity contribution in [2.24, 2.45) is 0 Å². The Kier molecular flexibility index (Phi) is 5.32. The fourth-order valence-electron chi connectivity index (χ4n) is 2.88. The Hall–Kier alpha value is -2.12. The molecule has 0 saturated carbocycles. The first-order chi connectivity index (χ1) is 11.6. The molecule has 3 rings (SSSR count). The molecule has 0 spiro atoms. The largest absolute Gasteiger partial charge is 0.491 e. The van der Waals surface area contributed by atoms with Gasteiger partial charge in [-0.2, -0.15) is 0 Å². The SMILES string of the molecule is O=C(O)[C@@H]1COCCN1C(=O)c1ccc(OC[C@@H]2CCCO2)cc1. The minimum atomic E-state index is -1.06. The van der Waals surface area contributed by atoms with Gasteiger partial charge in [0, 0.05) is 18.7 Å². The van der Waals surface area contributed by atoms with Gasteiger partial charge in [-0.3, -0.25) is 4.79 Å². The van der Waals surface area contributed by atoms with Crippen LogP contribution in [0.3, 0.4) is 0 Å². The van der Waals surface area contributed by atoms with Crippen molar-refractivity contribution in [3.05, 3.63) is 29.8 Å². The van der Waals surface area contributed by atoms with Gasteiger partial charge in [-0.25, -0.2) is 4.79 Å². The number of hydrogen-bond acceptors (Lipinski definition) is 5. The van der Waals surface area contributed by atoms with Crippen LogP contribution in [0.1, 0.15) is 23.2 Å². The van der Waals surface area contributed by atoms with E-state index in [2.05, 4.69) is 0 Å². The molecule has 0 radical (unpaired) electrons. The molecule has 0 bridgehead atoms. The van der Waals surface area contributed by atoms with Crippen LogP contribution in [0.15, 0.2) is 24.3 Å². The number of carboxylic acids is 1. The number of rotatable bonds is 5. The first kappa shape index (κ1) is 16.7. The molecule has 1 amide bonds. The maximum absolute atomic E-state index is 12.5. The van der Waals surface area contributed by atoms with E-state index in [9.17, 15) is 14.7 Å². The van der Waals surface area contributed by atoms with Gasteiger partial charge in [-0.1, -0.05) is 0 Å². The topological polar surface area (TPSA) is 85.3 Å². The number of carbonyl (C=O) groups is 2. The first-order valence-corrected chi connectivity index (χ1v) is 8.11. The Labute approximate surface area is 140 Å². The maximum Gasteiger partial charge on any atom is 0.328 e. The fraction of sp³-hybridized carbons (Fsp3) is 0.529. The zero-order valence-corrected chi connectivity index (χ0v) is 13.3. The molecule has 24 heavy (non-hydrogen) atoms. The maximum atomic E-state index is 12.5. The molecular formula is C17H21NO6. The average molecular weight is 335 g/mol. The van der Waals surface area contributed by atoms with Crippen LogP contribution in [-0.4, -0.2) is 67.0 Å². The highest BCUT2D eigenvalue weighted by molar-refractivity contribution is 5.96. The molecule has 2 fully saturated rings. The Morgan fingerprint density at radius 1 is 1.25 bits per heavy atom. The summed E-state index contributed by atoms with van der Waals surface area (Å²) in [6, 6.07) is 5.81. The number of nitrogens with zero attached hydrogens (tertiary/aromatic N) is 1. The Morgan fingerprint density at radius 3 is 2.71 bits per heavy atom. The number of hydrogen-bond donors (Lipinski definition) is 1. The molecule has 2 aliphatic heterocycles. The highest BCUT2D eigenvalue weighted by atomic mass is 16.5. The summed E-state index contributed by atoms with van der Waals surface area (Å²) in [6.45, 7) is 1.92. The number of benzene rings is 1. The molecule has 2 atom stereocenters. The van der Waals surface area contributed by atoms with Gasteiger partial charge in [0.1, 0.15) is 12.4 Å². The Morgan fingerprint density at radius 2 is 2.04 bits per heavy atom. The summed E-state index contributed by atoms with van der Waals surface area (Å²) >= 11 is 0. The van der Waals surface area contributed by atoms with Gasteiger partial charge in [0.05, 0.1) is 19.3 Å². The molecule has 130 valence electrons. The number of carboxylic acid groups (broad SMARTS) is 1. The van der Waals surface area contributed by atoms with Crippen molar-refractivity contribution in [1.82, 2.24) is 4.90 Å². The van der Waals surface area contributed by atoms with Gasteiger partial charge in [0.15, 0.2) is 6.04 Å². The van der Waals surface area contributed by atoms with Gasteiger partial charge in [-0.15, -0.1) is 0 Å². The van der Waals surface area contributed by atoms with E-state index in [0.29, 0.717) is 24.5 Å². The van der Waals surface area contributed by atoms with Gasteiger partial charge < -0.3 is 24.2 Å². The quantitative estimate of drug-likeness (QED) is 0.869. The van der Waals surface area contributed by atoms with Crippen molar-refractivity contribution in [2.45, 2.75) is 25.0 Å². The van der Waals surface area contributed by atoms with E-state index in [1.54, 1.807) is 24.3 Å². The molecule has 2 saturated heterocycles. The molecule has 0 aliphatic carbocycles. The minimum Gasteiger partial charge on any atom is -0.491 e. The zero-order valence-electron chi connectivity index (χ0n) is 13.3. The first-order valence-electron chi connectivity index (χ1n) is 8.11. The lowest BCUT2D eigenvalue weighted by molar-refractivity contribution is -0.147. The van der Waals surface area contributed by atoms with Crippen molar-refractivity contribution in [2.75, 3.05) is 33.0 Å². The standard InChI is InChI=1S/C17H21NO6/c19-16(18-7-9-22-11-15(18)17(20)21)12-3-5-13(6-4-12)24-10-14-2-1-8-23-14/h3-6,14-15H,1-2,7-11H2,(H,20,21)/t14-,15-/m0/s1. The third kappa shape index (κ3) is 3.85. The van der Waals surface area contributed by atoms with Gasteiger partial charge in [0.2, 0.25) is 0 Å². The van der Waals surface area contributed by atoms with E-state index in [1.807, 2.05) is 0 Å². The van der Waals surface area contributed by atoms with E-state index < -0.39 is 12.0 Å². The summed E-state index contributed by atoms with van der Waals surface area (Å²) in [4.78, 5) is 25.1. The summed E-state index contributed by atoms with van der Waals surface area (Å²) in [5.41, 5.74) is 0.438. The lowest BCUT2D eigenvalue weighted by atomic mass is 10.1. The van der Waals surface area contributed by atoms with Gasteiger partial charge >= 0.3 is 5.97 Å². The van der Waals surface area contributed by atoms with Crippen LogP contribution in [0.4, 0.5) is 0 Å². The smallest absolute Gasteiger partial charge is 0.328 e. The minimum absolute atomic E-state index is 0.0175. The van der Waals surface area contributed by atoms with Gasteiger partial charge in [0.25, 0.3) is 5.91 Å². The molecule has 2 heterocycles. The molecule has 1 aromatic carbocycles. The molecule has 1 N–H and O–H groups in total. The number of carbonyl (C=O) groups excluding carboxylic acids is 1. The second-order valence-electron chi connectivity index (χ2n) is 5.90. The van der Waals surface area contributed by atoms with Crippen molar-refractivity contribution >= 4 is 11.9 Å². The predicted molar refractivity (Wildman–Crippen MR) is 84.2 cm³/mol. The van der Waals surface area contributed by atoms with Crippen LogP contribution >= 0.6 is 0 Å². The lowest BCUT2D eigenvalue weighted by Gasteiger charge is -2.32. The van der Waals surface area contributed by atoms with E-state index in [-0.39, 0.29) is 25.2 Å². The third-order valence-electron chi connectivity index (χ3n) is 4.24. The van der Waals surface area contributed by atoms with Crippen LogP contribution in [0.2, 0.25) is 0 Å². The average Bonchev–Trinajstić information content (AvgIpc) is 3.13. The van der Waals surface area contributed by atoms with Crippen molar-refractivity contribution in [3.8, 4) is 5.75 Å². The van der Waals surface area contributed by atoms with Crippen LogP contribution in [-0.2, 0) is 14.3 Å². The second-order valence-corrected chi connectivity index (χ2v) is 5.90. The molecule has 0 unspecified atom stereocenters. The molecular weight excluding hydrogens is 314 g/mol. The molecule has 7 nitrogen and oxygen atoms in total. The van der Waals surface area contributed by atoms with Crippen LogP contribution in [0.25, 0.3) is 0 Å². The second kappa shape index (κ2) is 7.63. The predicted octanol–water partition coefficient (Wildman–Crippen LogP) is 1.17. The summed E-state index contributed by atoms with van der Waals surface area (Å²) < 4.78 is 16.3. The third-order valence-corrected chi connectivity index (χ3v) is 4.24. The number of amides is 1. The number of morpholine rings is 1. The Bertz CT molecular complexity index is 581. The normalized spacial score (nSPS) is 23.9. The summed E-state index contributed by atoms with van der Waals surface area (Å²) in [5, 5.41) is 9.22. The van der Waals surface area contributed by atoms with Crippen LogP contribution in [0.5, 0.6) is 5.75 Å². The number of ether oxygens (including phenoxy) is 3. The van der Waals surface area contributed by atoms with Crippen molar-refractivity contribution in [1.29, 1.82) is 0 Å². The summed E-state index contributed by atoms with van der Waals surface area (Å²) in [7, 11) is 0. The van der Waals surface area contributed by atoms with E-state index in [1.165, 1.54) is 4.90 Å². The number of aliphatic carboxylic acids is 1. The van der Waals surface area contributed by atoms with Crippen LogP contribution < -0.4 is 4.74 Å². The fourth-order valence-corrected chi connectivity index (χ4v) is 2.88. The monoisotopic (exact) mass is 335 g/mol. The van der Waals surface area contributed by atoms with E-state index in [4.69, 9.17) is 14.2 Å². The zero-order chi connectivity index (χ0) is 16.9. The highest BCUT2D eigenvalue weighted by Gasteiger charge is 2.33. The molecule has 0 aromatic heterocycles. The van der Waals surface area contributed by atoms with E-state index in [0.717, 1.165) is 19.4 Å². The molecule has 1 aromatic rings. The lowest BCUT2D eigenvalue weighted by Crippen LogP contribution is -2.52. The van der Waals surface area contributed by atoms with Crippen molar-refractivity contribution < 1.29 is 28.9 Å². The highest BCUT2D eigenvalue weighted by Crippen LogP contribution is 2.19. The van der Waals surface area contributed by atoms with E-state index >= 15 is 0 Å². The van der Waals surface area contributed by atoms with Crippen molar-refractivity contribution in [3.63, 3.8) is 0 Å².